The molecule has 1 aromatic rings. The summed E-state index contributed by atoms with van der Waals surface area (Å²) in [5.41, 5.74) is 7.51. The summed E-state index contributed by atoms with van der Waals surface area (Å²) >= 11 is 5.96. The van der Waals surface area contributed by atoms with Gasteiger partial charge in [-0.05, 0) is 56.0 Å². The summed E-state index contributed by atoms with van der Waals surface area (Å²) in [5.74, 6) is 0.653. The monoisotopic (exact) mass is 238 g/mol. The average molecular weight is 239 g/mol. The summed E-state index contributed by atoms with van der Waals surface area (Å²) in [6.07, 6.45) is 3.33. The number of hydrogen-bond acceptors (Lipinski definition) is 2. The third kappa shape index (κ3) is 3.21. The van der Waals surface area contributed by atoms with Crippen LogP contribution in [0.25, 0.3) is 0 Å². The molecule has 2 rings (SSSR count). The first-order chi connectivity index (χ1) is 7.75. The molecule has 1 aliphatic rings. The normalized spacial score (nSPS) is 19.6. The van der Waals surface area contributed by atoms with Crippen LogP contribution in [0.3, 0.4) is 0 Å². The van der Waals surface area contributed by atoms with E-state index in [-0.39, 0.29) is 6.04 Å². The number of rotatable bonds is 3. The third-order valence-corrected chi connectivity index (χ3v) is 3.58. The first kappa shape index (κ1) is 11.9. The van der Waals surface area contributed by atoms with Crippen LogP contribution < -0.4 is 11.1 Å². The Morgan fingerprint density at radius 1 is 1.38 bits per heavy atom. The van der Waals surface area contributed by atoms with E-state index < -0.39 is 0 Å². The zero-order chi connectivity index (χ0) is 11.4. The van der Waals surface area contributed by atoms with Crippen molar-refractivity contribution in [2.45, 2.75) is 25.3 Å². The van der Waals surface area contributed by atoms with Crippen molar-refractivity contribution in [1.29, 1.82) is 0 Å². The Morgan fingerprint density at radius 2 is 2.12 bits per heavy atom. The second-order valence-corrected chi connectivity index (χ2v) is 5.02. The van der Waals surface area contributed by atoms with Gasteiger partial charge in [-0.1, -0.05) is 23.7 Å². The Bertz CT molecular complexity index is 334. The van der Waals surface area contributed by atoms with Crippen molar-refractivity contribution >= 4 is 11.6 Å². The number of benzene rings is 1. The van der Waals surface area contributed by atoms with E-state index in [1.807, 2.05) is 18.2 Å². The number of piperidine rings is 1. The SMILES string of the molecule is N[C@H](Cc1cccc(Cl)c1)C1CCNCC1. The molecule has 0 saturated carbocycles. The minimum atomic E-state index is 0.264. The highest BCUT2D eigenvalue weighted by Crippen LogP contribution is 2.19. The van der Waals surface area contributed by atoms with Gasteiger partial charge in [0.05, 0.1) is 0 Å². The molecule has 1 atom stereocenters. The maximum absolute atomic E-state index is 6.26. The fourth-order valence-electron chi connectivity index (χ4n) is 2.38. The van der Waals surface area contributed by atoms with Gasteiger partial charge in [0.1, 0.15) is 0 Å². The highest BCUT2D eigenvalue weighted by molar-refractivity contribution is 6.30. The van der Waals surface area contributed by atoms with Crippen LogP contribution in [0, 0.1) is 5.92 Å². The van der Waals surface area contributed by atoms with Gasteiger partial charge in [-0.25, -0.2) is 0 Å². The summed E-state index contributed by atoms with van der Waals surface area (Å²) in [6.45, 7) is 2.21. The molecule has 1 saturated heterocycles. The summed E-state index contributed by atoms with van der Waals surface area (Å²) in [4.78, 5) is 0. The average Bonchev–Trinajstić information content (AvgIpc) is 2.30. The van der Waals surface area contributed by atoms with Crippen LogP contribution in [0.2, 0.25) is 5.02 Å². The summed E-state index contributed by atoms with van der Waals surface area (Å²) in [7, 11) is 0. The molecule has 3 heteroatoms. The van der Waals surface area contributed by atoms with E-state index in [4.69, 9.17) is 17.3 Å². The maximum Gasteiger partial charge on any atom is 0.0408 e. The summed E-state index contributed by atoms with van der Waals surface area (Å²) in [6, 6.07) is 8.28. The zero-order valence-corrected chi connectivity index (χ0v) is 10.2. The number of nitrogens with two attached hydrogens (primary N) is 1. The molecule has 1 aliphatic heterocycles. The van der Waals surface area contributed by atoms with E-state index in [1.165, 1.54) is 18.4 Å². The molecule has 0 unspecified atom stereocenters. The van der Waals surface area contributed by atoms with Crippen molar-refractivity contribution in [3.8, 4) is 0 Å². The van der Waals surface area contributed by atoms with E-state index in [0.717, 1.165) is 24.5 Å². The van der Waals surface area contributed by atoms with Crippen molar-refractivity contribution in [2.24, 2.45) is 11.7 Å². The molecule has 0 spiro atoms. The quantitative estimate of drug-likeness (QED) is 0.848. The Kier molecular flexibility index (Phi) is 4.22. The van der Waals surface area contributed by atoms with E-state index >= 15 is 0 Å². The van der Waals surface area contributed by atoms with Crippen LogP contribution in [-0.2, 0) is 6.42 Å². The number of hydrogen-bond donors (Lipinski definition) is 2. The Labute approximate surface area is 102 Å². The molecule has 1 aromatic carbocycles. The van der Waals surface area contributed by atoms with Crippen molar-refractivity contribution in [2.75, 3.05) is 13.1 Å². The second kappa shape index (κ2) is 5.67. The maximum atomic E-state index is 6.26. The third-order valence-electron chi connectivity index (χ3n) is 3.35. The molecule has 0 amide bonds. The molecule has 2 nitrogen and oxygen atoms in total. The van der Waals surface area contributed by atoms with Gasteiger partial charge in [0, 0.05) is 11.1 Å². The zero-order valence-electron chi connectivity index (χ0n) is 9.45. The van der Waals surface area contributed by atoms with Crippen molar-refractivity contribution in [3.05, 3.63) is 34.9 Å². The van der Waals surface area contributed by atoms with Crippen molar-refractivity contribution in [1.82, 2.24) is 5.32 Å². The first-order valence-corrected chi connectivity index (χ1v) is 6.34. The van der Waals surface area contributed by atoms with Crippen LogP contribution in [0.4, 0.5) is 0 Å². The van der Waals surface area contributed by atoms with E-state index in [1.54, 1.807) is 0 Å². The van der Waals surface area contributed by atoms with E-state index in [0.29, 0.717) is 5.92 Å². The standard InChI is InChI=1S/C13H19ClN2/c14-12-3-1-2-10(8-12)9-13(15)11-4-6-16-7-5-11/h1-3,8,11,13,16H,4-7,9,15H2/t13-/m1/s1. The van der Waals surface area contributed by atoms with Crippen LogP contribution >= 0.6 is 11.6 Å². The van der Waals surface area contributed by atoms with Crippen molar-refractivity contribution in [3.63, 3.8) is 0 Å². The minimum Gasteiger partial charge on any atom is -0.327 e. The van der Waals surface area contributed by atoms with Crippen LogP contribution in [0.15, 0.2) is 24.3 Å². The van der Waals surface area contributed by atoms with Gasteiger partial charge in [0.15, 0.2) is 0 Å². The minimum absolute atomic E-state index is 0.264. The molecule has 16 heavy (non-hydrogen) atoms. The lowest BCUT2D eigenvalue weighted by atomic mass is 9.87. The lowest BCUT2D eigenvalue weighted by Gasteiger charge is -2.28. The summed E-state index contributed by atoms with van der Waals surface area (Å²) in [5, 5.41) is 4.17. The van der Waals surface area contributed by atoms with Gasteiger partial charge in [0.2, 0.25) is 0 Å². The molecule has 0 aromatic heterocycles. The molecule has 0 radical (unpaired) electrons. The highest BCUT2D eigenvalue weighted by Gasteiger charge is 2.20. The predicted octanol–water partition coefficient (Wildman–Crippen LogP) is 2.21. The second-order valence-electron chi connectivity index (χ2n) is 4.59. The van der Waals surface area contributed by atoms with Crippen LogP contribution in [0.5, 0.6) is 0 Å². The molecule has 0 bridgehead atoms. The molecule has 88 valence electrons. The van der Waals surface area contributed by atoms with Crippen LogP contribution in [-0.4, -0.2) is 19.1 Å². The summed E-state index contributed by atoms with van der Waals surface area (Å²) < 4.78 is 0. The molecular weight excluding hydrogens is 220 g/mol. The van der Waals surface area contributed by atoms with Crippen molar-refractivity contribution < 1.29 is 0 Å². The topological polar surface area (TPSA) is 38.0 Å². The van der Waals surface area contributed by atoms with Gasteiger partial charge < -0.3 is 11.1 Å². The fraction of sp³-hybridized carbons (Fsp3) is 0.538. The highest BCUT2D eigenvalue weighted by atomic mass is 35.5. The van der Waals surface area contributed by atoms with Crippen LogP contribution in [0.1, 0.15) is 18.4 Å². The predicted molar refractivity (Wildman–Crippen MR) is 68.7 cm³/mol. The Hall–Kier alpha value is -0.570. The van der Waals surface area contributed by atoms with Gasteiger partial charge in [0.25, 0.3) is 0 Å². The van der Waals surface area contributed by atoms with E-state index in [9.17, 15) is 0 Å². The lowest BCUT2D eigenvalue weighted by Crippen LogP contribution is -2.39. The molecule has 1 heterocycles. The van der Waals surface area contributed by atoms with Gasteiger partial charge in [-0.2, -0.15) is 0 Å². The van der Waals surface area contributed by atoms with Gasteiger partial charge >= 0.3 is 0 Å². The fourth-order valence-corrected chi connectivity index (χ4v) is 2.59. The molecule has 3 N–H and O–H groups in total. The lowest BCUT2D eigenvalue weighted by molar-refractivity contribution is 0.316. The van der Waals surface area contributed by atoms with E-state index in [2.05, 4.69) is 11.4 Å². The largest absolute Gasteiger partial charge is 0.327 e. The smallest absolute Gasteiger partial charge is 0.0408 e. The van der Waals surface area contributed by atoms with Gasteiger partial charge in [-0.3, -0.25) is 0 Å². The van der Waals surface area contributed by atoms with Gasteiger partial charge in [-0.15, -0.1) is 0 Å². The number of halogens is 1. The molecule has 1 fully saturated rings. The Morgan fingerprint density at radius 3 is 2.81 bits per heavy atom. The molecule has 0 aliphatic carbocycles. The molecular formula is C13H19ClN2. The number of nitrogens with one attached hydrogen (secondary N) is 1. The first-order valence-electron chi connectivity index (χ1n) is 5.96. The Balaban J connectivity index is 1.93.